The van der Waals surface area contributed by atoms with Crippen LogP contribution in [0.1, 0.15) is 41.9 Å². The molecular formula is C14H18N4O3S3. The molecule has 0 bridgehead atoms. The lowest BCUT2D eigenvalue weighted by molar-refractivity contribution is -0.113. The topological polar surface area (TPSA) is 107 Å². The predicted molar refractivity (Wildman–Crippen MR) is 98.0 cm³/mol. The normalized spacial score (nSPS) is 10.8. The van der Waals surface area contributed by atoms with Crippen molar-refractivity contribution in [3.8, 4) is 0 Å². The molecule has 2 rings (SSSR count). The number of hydrogen-bond acceptors (Lipinski definition) is 9. The van der Waals surface area contributed by atoms with Crippen molar-refractivity contribution in [3.63, 3.8) is 0 Å². The summed E-state index contributed by atoms with van der Waals surface area (Å²) in [6.07, 6.45) is 0. The molecule has 0 atom stereocenters. The van der Waals surface area contributed by atoms with E-state index in [4.69, 9.17) is 10.5 Å². The molecule has 2 heterocycles. The Labute approximate surface area is 152 Å². The fourth-order valence-electron chi connectivity index (χ4n) is 1.72. The van der Waals surface area contributed by atoms with E-state index in [1.165, 1.54) is 34.4 Å². The van der Waals surface area contributed by atoms with Crippen molar-refractivity contribution in [3.05, 3.63) is 16.5 Å². The van der Waals surface area contributed by atoms with Gasteiger partial charge in [0, 0.05) is 4.88 Å². The molecule has 7 nitrogen and oxygen atoms in total. The van der Waals surface area contributed by atoms with Crippen molar-refractivity contribution in [2.75, 3.05) is 23.4 Å². The number of carbonyl (C=O) groups is 2. The highest BCUT2D eigenvalue weighted by Gasteiger charge is 2.20. The van der Waals surface area contributed by atoms with Crippen molar-refractivity contribution in [1.29, 1.82) is 0 Å². The van der Waals surface area contributed by atoms with E-state index in [2.05, 4.69) is 15.5 Å². The number of anilines is 2. The summed E-state index contributed by atoms with van der Waals surface area (Å²) >= 11 is 3.86. The molecule has 0 radical (unpaired) electrons. The van der Waals surface area contributed by atoms with E-state index in [-0.39, 0.29) is 24.2 Å². The van der Waals surface area contributed by atoms with E-state index in [9.17, 15) is 9.59 Å². The number of esters is 1. The third-order valence-corrected chi connectivity index (χ3v) is 6.05. The SMILES string of the molecule is CCOC(=O)c1cc(C(C)C)sc1NC(=O)CSc1nnc(N)s1. The zero-order valence-corrected chi connectivity index (χ0v) is 15.9. The van der Waals surface area contributed by atoms with Gasteiger partial charge in [0.25, 0.3) is 0 Å². The minimum absolute atomic E-state index is 0.159. The number of nitrogen functional groups attached to an aromatic ring is 1. The van der Waals surface area contributed by atoms with Crippen LogP contribution < -0.4 is 11.1 Å². The molecule has 1 amide bonds. The van der Waals surface area contributed by atoms with E-state index < -0.39 is 5.97 Å². The van der Waals surface area contributed by atoms with Gasteiger partial charge >= 0.3 is 5.97 Å². The number of nitrogens with two attached hydrogens (primary N) is 1. The summed E-state index contributed by atoms with van der Waals surface area (Å²) in [6, 6.07) is 1.78. The average molecular weight is 387 g/mol. The predicted octanol–water partition coefficient (Wildman–Crippen LogP) is 3.21. The molecule has 0 fully saturated rings. The Morgan fingerprint density at radius 1 is 1.38 bits per heavy atom. The number of rotatable bonds is 7. The molecular weight excluding hydrogens is 368 g/mol. The highest BCUT2D eigenvalue weighted by Crippen LogP contribution is 2.33. The fraction of sp³-hybridized carbons (Fsp3) is 0.429. The molecule has 0 saturated carbocycles. The van der Waals surface area contributed by atoms with Crippen molar-refractivity contribution in [2.45, 2.75) is 31.0 Å². The van der Waals surface area contributed by atoms with Crippen LogP contribution in [0.3, 0.4) is 0 Å². The van der Waals surface area contributed by atoms with E-state index in [1.54, 1.807) is 13.0 Å². The number of hydrogen-bond donors (Lipinski definition) is 2. The second-order valence-electron chi connectivity index (χ2n) is 5.01. The summed E-state index contributed by atoms with van der Waals surface area (Å²) in [5.41, 5.74) is 5.90. The lowest BCUT2D eigenvalue weighted by atomic mass is 10.1. The van der Waals surface area contributed by atoms with Gasteiger partial charge in [0.15, 0.2) is 4.34 Å². The smallest absolute Gasteiger partial charge is 0.341 e. The third-order valence-electron chi connectivity index (χ3n) is 2.82. The molecule has 24 heavy (non-hydrogen) atoms. The maximum atomic E-state index is 12.2. The van der Waals surface area contributed by atoms with Gasteiger partial charge in [-0.15, -0.1) is 21.5 Å². The molecule has 3 N–H and O–H groups in total. The number of aromatic nitrogens is 2. The van der Waals surface area contributed by atoms with E-state index in [0.29, 0.717) is 20.0 Å². The maximum Gasteiger partial charge on any atom is 0.341 e. The van der Waals surface area contributed by atoms with Gasteiger partial charge < -0.3 is 15.8 Å². The molecule has 130 valence electrons. The molecule has 0 unspecified atom stereocenters. The van der Waals surface area contributed by atoms with E-state index in [0.717, 1.165) is 4.88 Å². The first kappa shape index (κ1) is 18.7. The summed E-state index contributed by atoms with van der Waals surface area (Å²) in [4.78, 5) is 25.2. The number of carbonyl (C=O) groups excluding carboxylic acids is 2. The van der Waals surface area contributed by atoms with Gasteiger partial charge in [-0.05, 0) is 18.9 Å². The Balaban J connectivity index is 2.06. The van der Waals surface area contributed by atoms with Gasteiger partial charge in [0.05, 0.1) is 17.9 Å². The Morgan fingerprint density at radius 3 is 2.71 bits per heavy atom. The molecule has 2 aromatic heterocycles. The van der Waals surface area contributed by atoms with Gasteiger partial charge in [-0.3, -0.25) is 4.79 Å². The third kappa shape index (κ3) is 4.92. The van der Waals surface area contributed by atoms with Gasteiger partial charge in [-0.2, -0.15) is 0 Å². The minimum atomic E-state index is -0.430. The van der Waals surface area contributed by atoms with Crippen LogP contribution in [0, 0.1) is 0 Å². The number of thiophene rings is 1. The van der Waals surface area contributed by atoms with Crippen LogP contribution in [-0.4, -0.2) is 34.4 Å². The van der Waals surface area contributed by atoms with Crippen molar-refractivity contribution in [2.24, 2.45) is 0 Å². The second-order valence-corrected chi connectivity index (χ2v) is 8.33. The number of nitrogens with one attached hydrogen (secondary N) is 1. The summed E-state index contributed by atoms with van der Waals surface area (Å²) < 4.78 is 5.68. The molecule has 0 saturated heterocycles. The Bertz CT molecular complexity index is 727. The first-order valence-electron chi connectivity index (χ1n) is 7.23. The highest BCUT2D eigenvalue weighted by molar-refractivity contribution is 8.01. The summed E-state index contributed by atoms with van der Waals surface area (Å²) in [7, 11) is 0. The number of thioether (sulfide) groups is 1. The van der Waals surface area contributed by atoms with Crippen molar-refractivity contribution in [1.82, 2.24) is 10.2 Å². The Morgan fingerprint density at radius 2 is 2.12 bits per heavy atom. The zero-order chi connectivity index (χ0) is 17.7. The van der Waals surface area contributed by atoms with Gasteiger partial charge in [0.2, 0.25) is 11.0 Å². The lowest BCUT2D eigenvalue weighted by Gasteiger charge is -2.05. The monoisotopic (exact) mass is 386 g/mol. The summed E-state index contributed by atoms with van der Waals surface area (Å²) in [5.74, 6) is -0.240. The molecule has 0 aromatic carbocycles. The van der Waals surface area contributed by atoms with Crippen molar-refractivity contribution >= 4 is 56.4 Å². The molecule has 0 aliphatic carbocycles. The first-order chi connectivity index (χ1) is 11.4. The highest BCUT2D eigenvalue weighted by atomic mass is 32.2. The van der Waals surface area contributed by atoms with Crippen LogP contribution in [0.5, 0.6) is 0 Å². The van der Waals surface area contributed by atoms with Gasteiger partial charge in [-0.1, -0.05) is 36.9 Å². The van der Waals surface area contributed by atoms with Gasteiger partial charge in [-0.25, -0.2) is 4.79 Å². The molecule has 0 aliphatic rings. The second kappa shape index (κ2) is 8.45. The summed E-state index contributed by atoms with van der Waals surface area (Å²) in [6.45, 7) is 6.09. The Hall–Kier alpha value is -1.65. The van der Waals surface area contributed by atoms with Crippen molar-refractivity contribution < 1.29 is 14.3 Å². The van der Waals surface area contributed by atoms with Crippen LogP contribution in [0.4, 0.5) is 10.1 Å². The first-order valence-corrected chi connectivity index (χ1v) is 9.85. The molecule has 10 heteroatoms. The molecule has 0 aliphatic heterocycles. The lowest BCUT2D eigenvalue weighted by Crippen LogP contribution is -2.15. The zero-order valence-electron chi connectivity index (χ0n) is 13.5. The largest absolute Gasteiger partial charge is 0.462 e. The average Bonchev–Trinajstić information content (AvgIpc) is 3.12. The van der Waals surface area contributed by atoms with Gasteiger partial charge in [0.1, 0.15) is 5.00 Å². The van der Waals surface area contributed by atoms with Crippen LogP contribution in [-0.2, 0) is 9.53 Å². The fourth-order valence-corrected chi connectivity index (χ4v) is 4.22. The minimum Gasteiger partial charge on any atom is -0.462 e. The van der Waals surface area contributed by atoms with Crippen LogP contribution in [0.15, 0.2) is 10.4 Å². The van der Waals surface area contributed by atoms with Crippen LogP contribution in [0.25, 0.3) is 0 Å². The van der Waals surface area contributed by atoms with Crippen LogP contribution in [0.2, 0.25) is 0 Å². The maximum absolute atomic E-state index is 12.2. The molecule has 0 spiro atoms. The number of ether oxygens (including phenoxy) is 1. The standard InChI is InChI=1S/C14H18N4O3S3/c1-4-21-12(20)8-5-9(7(2)3)23-11(8)16-10(19)6-22-14-18-17-13(15)24-14/h5,7H,4,6H2,1-3H3,(H2,15,17)(H,16,19). The Kier molecular flexibility index (Phi) is 6.58. The molecule has 2 aromatic rings. The number of nitrogens with zero attached hydrogens (tertiary/aromatic N) is 2. The van der Waals surface area contributed by atoms with Crippen LogP contribution >= 0.6 is 34.4 Å². The van der Waals surface area contributed by atoms with E-state index >= 15 is 0 Å². The summed E-state index contributed by atoms with van der Waals surface area (Å²) in [5, 5.41) is 11.2. The quantitative estimate of drug-likeness (QED) is 0.556. The van der Waals surface area contributed by atoms with E-state index in [1.807, 2.05) is 13.8 Å². The number of amides is 1.